The fourth-order valence-electron chi connectivity index (χ4n) is 2.51. The highest BCUT2D eigenvalue weighted by molar-refractivity contribution is 5.87. The summed E-state index contributed by atoms with van der Waals surface area (Å²) < 4.78 is 5.31. The van der Waals surface area contributed by atoms with Crippen molar-refractivity contribution in [3.05, 3.63) is 23.7 Å². The summed E-state index contributed by atoms with van der Waals surface area (Å²) in [6.07, 6.45) is 3.71. The summed E-state index contributed by atoms with van der Waals surface area (Å²) in [5, 5.41) is 8.85. The molecule has 100 valence electrons. The standard InChI is InChI=1S/C13H20N2O3/c1-14(2)7-11-4-3-5-15(11)8-12-6-10(9-18-12)13(16)17/h6,9,11H,3-5,7-8H2,1-2H3,(H,16,17). The Kier molecular flexibility index (Phi) is 4.04. The smallest absolute Gasteiger partial charge is 0.338 e. The molecule has 0 bridgehead atoms. The van der Waals surface area contributed by atoms with Crippen LogP contribution < -0.4 is 0 Å². The molecule has 1 atom stereocenters. The maximum Gasteiger partial charge on any atom is 0.338 e. The number of carboxylic acids is 1. The van der Waals surface area contributed by atoms with Crippen LogP contribution in [0.15, 0.2) is 16.7 Å². The lowest BCUT2D eigenvalue weighted by molar-refractivity contribution is 0.0696. The normalized spacial score (nSPS) is 20.7. The van der Waals surface area contributed by atoms with Crippen LogP contribution in [0.1, 0.15) is 29.0 Å². The van der Waals surface area contributed by atoms with E-state index < -0.39 is 5.97 Å². The summed E-state index contributed by atoms with van der Waals surface area (Å²) in [5.41, 5.74) is 0.230. The second-order valence-corrected chi connectivity index (χ2v) is 5.14. The Hall–Kier alpha value is -1.33. The second-order valence-electron chi connectivity index (χ2n) is 5.14. The van der Waals surface area contributed by atoms with Crippen LogP contribution >= 0.6 is 0 Å². The third kappa shape index (κ3) is 3.11. The van der Waals surface area contributed by atoms with Crippen molar-refractivity contribution >= 4 is 5.97 Å². The highest BCUT2D eigenvalue weighted by atomic mass is 16.4. The number of hydrogen-bond acceptors (Lipinski definition) is 4. The molecule has 1 unspecified atom stereocenters. The molecule has 0 spiro atoms. The molecule has 1 aromatic heterocycles. The molecule has 2 heterocycles. The van der Waals surface area contributed by atoms with Crippen molar-refractivity contribution in [3.63, 3.8) is 0 Å². The van der Waals surface area contributed by atoms with Crippen molar-refractivity contribution in [2.45, 2.75) is 25.4 Å². The van der Waals surface area contributed by atoms with Crippen LogP contribution in [0.2, 0.25) is 0 Å². The molecular weight excluding hydrogens is 232 g/mol. The third-order valence-corrected chi connectivity index (χ3v) is 3.33. The van der Waals surface area contributed by atoms with E-state index in [-0.39, 0.29) is 5.56 Å². The molecule has 5 heteroatoms. The Balaban J connectivity index is 1.96. The van der Waals surface area contributed by atoms with Gasteiger partial charge >= 0.3 is 5.97 Å². The third-order valence-electron chi connectivity index (χ3n) is 3.33. The van der Waals surface area contributed by atoms with Gasteiger partial charge in [0.15, 0.2) is 0 Å². The Bertz CT molecular complexity index is 414. The predicted octanol–water partition coefficient (Wildman–Crippen LogP) is 1.50. The number of nitrogens with zero attached hydrogens (tertiary/aromatic N) is 2. The largest absolute Gasteiger partial charge is 0.478 e. The van der Waals surface area contributed by atoms with Crippen LogP contribution in [0.5, 0.6) is 0 Å². The number of aromatic carboxylic acids is 1. The summed E-state index contributed by atoms with van der Waals surface area (Å²) in [6.45, 7) is 2.79. The first-order valence-corrected chi connectivity index (χ1v) is 6.25. The summed E-state index contributed by atoms with van der Waals surface area (Å²) in [6, 6.07) is 2.16. The molecule has 1 fully saturated rings. The van der Waals surface area contributed by atoms with Gasteiger partial charge in [-0.1, -0.05) is 0 Å². The summed E-state index contributed by atoms with van der Waals surface area (Å²) >= 11 is 0. The number of carboxylic acid groups (broad SMARTS) is 1. The van der Waals surface area contributed by atoms with Crippen molar-refractivity contribution < 1.29 is 14.3 Å². The van der Waals surface area contributed by atoms with Crippen LogP contribution in [-0.4, -0.2) is 54.1 Å². The van der Waals surface area contributed by atoms with Gasteiger partial charge < -0.3 is 14.4 Å². The van der Waals surface area contributed by atoms with Crippen molar-refractivity contribution in [1.82, 2.24) is 9.80 Å². The molecule has 0 amide bonds. The second kappa shape index (κ2) is 5.54. The van der Waals surface area contributed by atoms with Gasteiger partial charge in [0.2, 0.25) is 0 Å². The van der Waals surface area contributed by atoms with Crippen LogP contribution in [0.4, 0.5) is 0 Å². The first-order chi connectivity index (χ1) is 8.56. The molecular formula is C13H20N2O3. The molecule has 1 aliphatic rings. The summed E-state index contributed by atoms with van der Waals surface area (Å²) in [5.74, 6) is -0.200. The van der Waals surface area contributed by atoms with E-state index in [0.29, 0.717) is 12.6 Å². The average Bonchev–Trinajstić information content (AvgIpc) is 2.89. The van der Waals surface area contributed by atoms with E-state index in [0.717, 1.165) is 18.8 Å². The zero-order valence-corrected chi connectivity index (χ0v) is 10.9. The molecule has 0 aromatic carbocycles. The van der Waals surface area contributed by atoms with Gasteiger partial charge in [0.1, 0.15) is 12.0 Å². The molecule has 0 aliphatic carbocycles. The Morgan fingerprint density at radius 2 is 2.39 bits per heavy atom. The number of likely N-dealkylation sites (N-methyl/N-ethyl adjacent to an activating group) is 1. The number of furan rings is 1. The van der Waals surface area contributed by atoms with Crippen LogP contribution in [0.3, 0.4) is 0 Å². The van der Waals surface area contributed by atoms with Gasteiger partial charge in [0, 0.05) is 12.6 Å². The first kappa shape index (κ1) is 13.1. The lowest BCUT2D eigenvalue weighted by Crippen LogP contribution is -2.36. The molecule has 5 nitrogen and oxygen atoms in total. The molecule has 1 aromatic rings. The minimum atomic E-state index is -0.934. The number of rotatable bonds is 5. The fraction of sp³-hybridized carbons (Fsp3) is 0.615. The minimum absolute atomic E-state index is 0.230. The van der Waals surface area contributed by atoms with Crippen LogP contribution in [0, 0.1) is 0 Å². The number of carbonyl (C=O) groups is 1. The highest BCUT2D eigenvalue weighted by Gasteiger charge is 2.25. The van der Waals surface area contributed by atoms with Gasteiger partial charge in [-0.15, -0.1) is 0 Å². The fourth-order valence-corrected chi connectivity index (χ4v) is 2.51. The van der Waals surface area contributed by atoms with E-state index in [1.54, 1.807) is 6.07 Å². The van der Waals surface area contributed by atoms with E-state index in [1.165, 1.54) is 19.1 Å². The maximum absolute atomic E-state index is 10.8. The SMILES string of the molecule is CN(C)CC1CCCN1Cc1cc(C(=O)O)co1. The zero-order valence-electron chi connectivity index (χ0n) is 10.9. The molecule has 2 rings (SSSR count). The van der Waals surface area contributed by atoms with Crippen LogP contribution in [0.25, 0.3) is 0 Å². The quantitative estimate of drug-likeness (QED) is 0.860. The summed E-state index contributed by atoms with van der Waals surface area (Å²) in [7, 11) is 4.15. The highest BCUT2D eigenvalue weighted by Crippen LogP contribution is 2.21. The first-order valence-electron chi connectivity index (χ1n) is 6.25. The van der Waals surface area contributed by atoms with Gasteiger partial charge in [-0.2, -0.15) is 0 Å². The Morgan fingerprint density at radius 3 is 3.00 bits per heavy atom. The van der Waals surface area contributed by atoms with Gasteiger partial charge in [-0.05, 0) is 39.5 Å². The van der Waals surface area contributed by atoms with Crippen molar-refractivity contribution in [2.75, 3.05) is 27.2 Å². The number of hydrogen-bond donors (Lipinski definition) is 1. The maximum atomic E-state index is 10.8. The molecule has 0 saturated carbocycles. The molecule has 18 heavy (non-hydrogen) atoms. The predicted molar refractivity (Wildman–Crippen MR) is 67.7 cm³/mol. The lowest BCUT2D eigenvalue weighted by Gasteiger charge is -2.26. The Morgan fingerprint density at radius 1 is 1.61 bits per heavy atom. The molecule has 1 aliphatic heterocycles. The van der Waals surface area contributed by atoms with Gasteiger partial charge in [-0.3, -0.25) is 4.90 Å². The lowest BCUT2D eigenvalue weighted by atomic mass is 10.2. The average molecular weight is 252 g/mol. The minimum Gasteiger partial charge on any atom is -0.478 e. The zero-order chi connectivity index (χ0) is 13.1. The van der Waals surface area contributed by atoms with Gasteiger partial charge in [0.25, 0.3) is 0 Å². The topological polar surface area (TPSA) is 56.9 Å². The van der Waals surface area contributed by atoms with Crippen molar-refractivity contribution in [1.29, 1.82) is 0 Å². The van der Waals surface area contributed by atoms with E-state index in [1.807, 2.05) is 0 Å². The van der Waals surface area contributed by atoms with E-state index >= 15 is 0 Å². The van der Waals surface area contributed by atoms with Crippen LogP contribution in [-0.2, 0) is 6.54 Å². The van der Waals surface area contributed by atoms with Crippen molar-refractivity contribution in [3.8, 4) is 0 Å². The van der Waals surface area contributed by atoms with Gasteiger partial charge in [-0.25, -0.2) is 4.79 Å². The van der Waals surface area contributed by atoms with E-state index in [2.05, 4.69) is 23.9 Å². The van der Waals surface area contributed by atoms with Crippen molar-refractivity contribution in [2.24, 2.45) is 0 Å². The number of likely N-dealkylation sites (tertiary alicyclic amines) is 1. The molecule has 1 N–H and O–H groups in total. The Labute approximate surface area is 107 Å². The molecule has 1 saturated heterocycles. The van der Waals surface area contributed by atoms with E-state index in [9.17, 15) is 4.79 Å². The summed E-state index contributed by atoms with van der Waals surface area (Å²) in [4.78, 5) is 15.3. The molecule has 0 radical (unpaired) electrons. The monoisotopic (exact) mass is 252 g/mol. The van der Waals surface area contributed by atoms with Gasteiger partial charge in [0.05, 0.1) is 12.1 Å². The van der Waals surface area contributed by atoms with E-state index in [4.69, 9.17) is 9.52 Å².